The fourth-order valence-corrected chi connectivity index (χ4v) is 1.66. The summed E-state index contributed by atoms with van der Waals surface area (Å²) in [6.45, 7) is 1.20. The van der Waals surface area contributed by atoms with E-state index in [4.69, 9.17) is 5.73 Å². The monoisotopic (exact) mass is 226 g/mol. The number of phenolic OH excluding ortho intramolecular Hbond substituents is 1. The Kier molecular flexibility index (Phi) is 4.71. The lowest BCUT2D eigenvalue weighted by atomic mass is 10.0. The van der Waals surface area contributed by atoms with E-state index in [1.807, 2.05) is 25.1 Å². The Morgan fingerprint density at radius 3 is 2.62 bits per heavy atom. The largest absolute Gasteiger partial charge is 0.505 e. The summed E-state index contributed by atoms with van der Waals surface area (Å²) in [5, 5.41) is 9.55. The maximum atomic E-state index is 13.4. The highest BCUT2D eigenvalue weighted by Crippen LogP contribution is 2.24. The van der Waals surface area contributed by atoms with Gasteiger partial charge in [-0.25, -0.2) is 4.39 Å². The lowest BCUT2D eigenvalue weighted by Gasteiger charge is -2.12. The highest BCUT2D eigenvalue weighted by molar-refractivity contribution is 5.37. The van der Waals surface area contributed by atoms with E-state index in [0.29, 0.717) is 25.1 Å². The van der Waals surface area contributed by atoms with E-state index in [2.05, 4.69) is 0 Å². The van der Waals surface area contributed by atoms with Crippen LogP contribution in [0.15, 0.2) is 12.1 Å². The molecule has 90 valence electrons. The van der Waals surface area contributed by atoms with Crippen molar-refractivity contribution in [3.05, 3.63) is 29.1 Å². The number of aryl methyl sites for hydroxylation is 1. The molecule has 4 heteroatoms. The molecule has 0 bridgehead atoms. The first-order valence-electron chi connectivity index (χ1n) is 5.39. The van der Waals surface area contributed by atoms with Gasteiger partial charge in [-0.2, -0.15) is 0 Å². The normalized spacial score (nSPS) is 11.1. The summed E-state index contributed by atoms with van der Waals surface area (Å²) in [4.78, 5) is 1.96. The zero-order valence-electron chi connectivity index (χ0n) is 9.83. The minimum atomic E-state index is -0.550. The van der Waals surface area contributed by atoms with Crippen LogP contribution in [-0.2, 0) is 13.0 Å². The van der Waals surface area contributed by atoms with Gasteiger partial charge in [0.15, 0.2) is 11.6 Å². The Bertz CT molecular complexity index is 353. The van der Waals surface area contributed by atoms with Crippen molar-refractivity contribution in [2.75, 3.05) is 20.6 Å². The Morgan fingerprint density at radius 2 is 2.06 bits per heavy atom. The molecule has 0 radical (unpaired) electrons. The first kappa shape index (κ1) is 12.9. The van der Waals surface area contributed by atoms with E-state index in [0.717, 1.165) is 12.0 Å². The van der Waals surface area contributed by atoms with Gasteiger partial charge in [0.25, 0.3) is 0 Å². The lowest BCUT2D eigenvalue weighted by molar-refractivity contribution is 0.396. The summed E-state index contributed by atoms with van der Waals surface area (Å²) in [7, 11) is 3.84. The van der Waals surface area contributed by atoms with E-state index in [1.54, 1.807) is 0 Å². The molecule has 1 aromatic rings. The van der Waals surface area contributed by atoms with Gasteiger partial charge in [0, 0.05) is 6.54 Å². The fraction of sp³-hybridized carbons (Fsp3) is 0.500. The van der Waals surface area contributed by atoms with E-state index < -0.39 is 5.82 Å². The van der Waals surface area contributed by atoms with Crippen molar-refractivity contribution >= 4 is 0 Å². The van der Waals surface area contributed by atoms with E-state index in [-0.39, 0.29) is 5.75 Å². The third kappa shape index (κ3) is 3.47. The van der Waals surface area contributed by atoms with Crippen molar-refractivity contribution in [2.45, 2.75) is 19.4 Å². The molecule has 0 spiro atoms. The van der Waals surface area contributed by atoms with Crippen molar-refractivity contribution in [1.82, 2.24) is 4.90 Å². The molecule has 1 rings (SSSR count). The third-order valence-corrected chi connectivity index (χ3v) is 2.35. The van der Waals surface area contributed by atoms with Gasteiger partial charge in [-0.05, 0) is 50.7 Å². The van der Waals surface area contributed by atoms with Crippen LogP contribution in [0, 0.1) is 5.82 Å². The summed E-state index contributed by atoms with van der Waals surface area (Å²) >= 11 is 0. The third-order valence-electron chi connectivity index (χ3n) is 2.35. The van der Waals surface area contributed by atoms with Gasteiger partial charge in [-0.1, -0.05) is 6.07 Å². The quantitative estimate of drug-likeness (QED) is 0.799. The zero-order chi connectivity index (χ0) is 12.1. The number of hydrogen-bond acceptors (Lipinski definition) is 3. The van der Waals surface area contributed by atoms with Crippen LogP contribution < -0.4 is 5.73 Å². The molecular formula is C12H19FN2O. The number of halogens is 1. The maximum absolute atomic E-state index is 13.4. The highest BCUT2D eigenvalue weighted by Gasteiger charge is 2.09. The molecule has 0 heterocycles. The number of hydrogen-bond donors (Lipinski definition) is 2. The zero-order valence-corrected chi connectivity index (χ0v) is 9.83. The van der Waals surface area contributed by atoms with Gasteiger partial charge in [0.1, 0.15) is 0 Å². The summed E-state index contributed by atoms with van der Waals surface area (Å²) in [5.74, 6) is -0.790. The first-order valence-corrected chi connectivity index (χ1v) is 5.39. The van der Waals surface area contributed by atoms with Gasteiger partial charge in [-0.15, -0.1) is 0 Å². The van der Waals surface area contributed by atoms with Crippen LogP contribution in [-0.4, -0.2) is 30.6 Å². The standard InChI is InChI=1S/C12H19FN2O/c1-15(2)8-9-6-10(4-3-5-14)12(16)11(13)7-9/h6-7,16H,3-5,8,14H2,1-2H3. The second kappa shape index (κ2) is 5.82. The molecule has 3 nitrogen and oxygen atoms in total. The van der Waals surface area contributed by atoms with E-state index >= 15 is 0 Å². The van der Waals surface area contributed by atoms with Crippen LogP contribution in [0.1, 0.15) is 17.5 Å². The van der Waals surface area contributed by atoms with Gasteiger partial charge < -0.3 is 15.7 Å². The molecule has 0 saturated heterocycles. The molecule has 0 amide bonds. The number of aromatic hydroxyl groups is 1. The van der Waals surface area contributed by atoms with Gasteiger partial charge in [0.2, 0.25) is 0 Å². The second-order valence-electron chi connectivity index (χ2n) is 4.22. The van der Waals surface area contributed by atoms with Crippen molar-refractivity contribution in [3.63, 3.8) is 0 Å². The Hall–Kier alpha value is -1.13. The minimum absolute atomic E-state index is 0.240. The summed E-state index contributed by atoms with van der Waals surface area (Å²) < 4.78 is 13.4. The SMILES string of the molecule is CN(C)Cc1cc(F)c(O)c(CCCN)c1. The first-order chi connectivity index (χ1) is 7.54. The smallest absolute Gasteiger partial charge is 0.165 e. The van der Waals surface area contributed by atoms with E-state index in [9.17, 15) is 9.50 Å². The second-order valence-corrected chi connectivity index (χ2v) is 4.22. The Morgan fingerprint density at radius 1 is 1.38 bits per heavy atom. The number of rotatable bonds is 5. The molecule has 0 saturated carbocycles. The summed E-state index contributed by atoms with van der Waals surface area (Å²) in [6.07, 6.45) is 1.36. The van der Waals surface area contributed by atoms with Crippen LogP contribution >= 0.6 is 0 Å². The van der Waals surface area contributed by atoms with E-state index in [1.165, 1.54) is 6.07 Å². The van der Waals surface area contributed by atoms with Crippen LogP contribution in [0.5, 0.6) is 5.75 Å². The molecule has 0 aliphatic carbocycles. The topological polar surface area (TPSA) is 49.5 Å². The van der Waals surface area contributed by atoms with Crippen LogP contribution in [0.3, 0.4) is 0 Å². The Labute approximate surface area is 95.7 Å². The molecule has 16 heavy (non-hydrogen) atoms. The molecule has 0 atom stereocenters. The van der Waals surface area contributed by atoms with Crippen molar-refractivity contribution in [1.29, 1.82) is 0 Å². The molecule has 0 aliphatic rings. The molecule has 0 unspecified atom stereocenters. The Balaban J connectivity index is 2.92. The highest BCUT2D eigenvalue weighted by atomic mass is 19.1. The average molecular weight is 226 g/mol. The van der Waals surface area contributed by atoms with Gasteiger partial charge in [-0.3, -0.25) is 0 Å². The van der Waals surface area contributed by atoms with Crippen LogP contribution in [0.2, 0.25) is 0 Å². The maximum Gasteiger partial charge on any atom is 0.165 e. The fourth-order valence-electron chi connectivity index (χ4n) is 1.66. The molecular weight excluding hydrogens is 207 g/mol. The number of phenols is 1. The molecule has 0 aromatic heterocycles. The molecule has 0 fully saturated rings. The summed E-state index contributed by atoms with van der Waals surface area (Å²) in [5.41, 5.74) is 6.91. The molecule has 0 aliphatic heterocycles. The van der Waals surface area contributed by atoms with Gasteiger partial charge in [0.05, 0.1) is 0 Å². The number of benzene rings is 1. The number of nitrogens with zero attached hydrogens (tertiary/aromatic N) is 1. The molecule has 1 aromatic carbocycles. The van der Waals surface area contributed by atoms with Gasteiger partial charge >= 0.3 is 0 Å². The van der Waals surface area contributed by atoms with Crippen molar-refractivity contribution in [3.8, 4) is 5.75 Å². The lowest BCUT2D eigenvalue weighted by Crippen LogP contribution is -2.11. The van der Waals surface area contributed by atoms with Crippen molar-refractivity contribution < 1.29 is 9.50 Å². The molecule has 3 N–H and O–H groups in total. The summed E-state index contributed by atoms with van der Waals surface area (Å²) in [6, 6.07) is 3.22. The predicted octanol–water partition coefficient (Wildman–Crippen LogP) is 1.48. The predicted molar refractivity (Wildman–Crippen MR) is 62.8 cm³/mol. The van der Waals surface area contributed by atoms with Crippen LogP contribution in [0.4, 0.5) is 4.39 Å². The number of nitrogens with two attached hydrogens (primary N) is 1. The minimum Gasteiger partial charge on any atom is -0.505 e. The van der Waals surface area contributed by atoms with Crippen molar-refractivity contribution in [2.24, 2.45) is 5.73 Å². The van der Waals surface area contributed by atoms with Crippen LogP contribution in [0.25, 0.3) is 0 Å². The average Bonchev–Trinajstić information content (AvgIpc) is 2.20.